The minimum atomic E-state index is -0.514. The van der Waals surface area contributed by atoms with Gasteiger partial charge in [-0.2, -0.15) is 0 Å². The highest BCUT2D eigenvalue weighted by molar-refractivity contribution is 5.60. The summed E-state index contributed by atoms with van der Waals surface area (Å²) in [7, 11) is 3.92. The molecular weight excluding hydrogens is 386 g/mol. The average molecular weight is 438 g/mol. The smallest absolute Gasteiger partial charge is 0.433 e. The first-order valence-electron chi connectivity index (χ1n) is 12.9. The summed E-state index contributed by atoms with van der Waals surface area (Å²) in [6.07, 6.45) is 26.6. The molecule has 0 spiro atoms. The standard InChI is InChI=1S/C27H51NO3/c1-5-7-8-9-10-11-12-13-14-15-16-17-18-19-20-21-23-26(22-6-2)31-27(29)30-25-24-28(3)4/h10-11,13-14,26H,5-9,12,15-25H2,1-4H3/b11-10-,14-13-. The number of hydrogen-bond acceptors (Lipinski definition) is 4. The lowest BCUT2D eigenvalue weighted by Crippen LogP contribution is -2.23. The van der Waals surface area contributed by atoms with E-state index in [0.717, 1.165) is 38.6 Å². The minimum Gasteiger partial charge on any atom is -0.433 e. The number of rotatable bonds is 21. The maximum atomic E-state index is 11.8. The molecule has 182 valence electrons. The van der Waals surface area contributed by atoms with Crippen molar-refractivity contribution in [2.45, 2.75) is 116 Å². The molecule has 0 rings (SSSR count). The zero-order valence-corrected chi connectivity index (χ0v) is 21.1. The number of carbonyl (C=O) groups is 1. The van der Waals surface area contributed by atoms with Crippen molar-refractivity contribution >= 4 is 6.16 Å². The van der Waals surface area contributed by atoms with Gasteiger partial charge in [0.15, 0.2) is 0 Å². The van der Waals surface area contributed by atoms with Crippen molar-refractivity contribution in [1.29, 1.82) is 0 Å². The van der Waals surface area contributed by atoms with Gasteiger partial charge in [0.25, 0.3) is 0 Å². The molecule has 0 aliphatic heterocycles. The van der Waals surface area contributed by atoms with Crippen LogP contribution in [0.1, 0.15) is 110 Å². The highest BCUT2D eigenvalue weighted by Crippen LogP contribution is 2.15. The molecule has 0 heterocycles. The predicted octanol–water partition coefficient (Wildman–Crippen LogP) is 8.07. The molecule has 0 saturated heterocycles. The number of unbranched alkanes of at least 4 members (excludes halogenated alkanes) is 9. The zero-order valence-electron chi connectivity index (χ0n) is 21.1. The molecule has 0 saturated carbocycles. The molecule has 1 atom stereocenters. The molecule has 0 aromatic heterocycles. The molecule has 0 aromatic carbocycles. The Balaban J connectivity index is 3.60. The highest BCUT2D eigenvalue weighted by Gasteiger charge is 2.14. The van der Waals surface area contributed by atoms with Gasteiger partial charge < -0.3 is 14.4 Å². The molecule has 0 fully saturated rings. The summed E-state index contributed by atoms with van der Waals surface area (Å²) in [5.41, 5.74) is 0. The van der Waals surface area contributed by atoms with Crippen molar-refractivity contribution in [3.8, 4) is 0 Å². The number of nitrogens with zero attached hydrogens (tertiary/aromatic N) is 1. The number of ether oxygens (including phenoxy) is 2. The van der Waals surface area contributed by atoms with Gasteiger partial charge in [-0.05, 0) is 65.5 Å². The van der Waals surface area contributed by atoms with Crippen molar-refractivity contribution < 1.29 is 14.3 Å². The van der Waals surface area contributed by atoms with Crippen molar-refractivity contribution in [2.75, 3.05) is 27.2 Å². The minimum absolute atomic E-state index is 0.00249. The van der Waals surface area contributed by atoms with E-state index in [1.807, 2.05) is 19.0 Å². The second kappa shape index (κ2) is 23.4. The van der Waals surface area contributed by atoms with Gasteiger partial charge in [0.05, 0.1) is 0 Å². The Hall–Kier alpha value is -1.29. The molecule has 0 amide bonds. The van der Waals surface area contributed by atoms with Crippen molar-refractivity contribution in [3.05, 3.63) is 24.3 Å². The fourth-order valence-electron chi connectivity index (χ4n) is 3.43. The largest absolute Gasteiger partial charge is 0.508 e. The first kappa shape index (κ1) is 29.7. The van der Waals surface area contributed by atoms with Gasteiger partial charge in [0.1, 0.15) is 12.7 Å². The monoisotopic (exact) mass is 437 g/mol. The first-order valence-corrected chi connectivity index (χ1v) is 12.9. The molecular formula is C27H51NO3. The van der Waals surface area contributed by atoms with Crippen LogP contribution in [-0.4, -0.2) is 44.4 Å². The molecule has 1 unspecified atom stereocenters. The Labute approximate surface area is 193 Å². The Morgan fingerprint density at radius 2 is 1.39 bits per heavy atom. The number of likely N-dealkylation sites (N-methyl/N-ethyl adjacent to an activating group) is 1. The molecule has 0 aliphatic rings. The van der Waals surface area contributed by atoms with E-state index < -0.39 is 6.16 Å². The topological polar surface area (TPSA) is 38.8 Å². The summed E-state index contributed by atoms with van der Waals surface area (Å²) in [6, 6.07) is 0. The maximum Gasteiger partial charge on any atom is 0.508 e. The molecule has 0 bridgehead atoms. The number of hydrogen-bond donors (Lipinski definition) is 0. The summed E-state index contributed by atoms with van der Waals surface area (Å²) >= 11 is 0. The van der Waals surface area contributed by atoms with Gasteiger partial charge in [-0.1, -0.05) is 83.1 Å². The van der Waals surface area contributed by atoms with Gasteiger partial charge in [-0.25, -0.2) is 4.79 Å². The van der Waals surface area contributed by atoms with E-state index in [2.05, 4.69) is 38.2 Å². The third kappa shape index (κ3) is 23.2. The van der Waals surface area contributed by atoms with Crippen molar-refractivity contribution in [3.63, 3.8) is 0 Å². The van der Waals surface area contributed by atoms with E-state index in [1.54, 1.807) is 0 Å². The summed E-state index contributed by atoms with van der Waals surface area (Å²) in [5.74, 6) is 0. The SMILES string of the molecule is CCCCC/C=C\C/C=C\CCCCCCCCC(CCC)OC(=O)OCCN(C)C. The van der Waals surface area contributed by atoms with Crippen LogP contribution in [-0.2, 0) is 9.47 Å². The zero-order chi connectivity index (χ0) is 23.0. The fraction of sp³-hybridized carbons (Fsp3) is 0.815. The average Bonchev–Trinajstić information content (AvgIpc) is 2.73. The van der Waals surface area contributed by atoms with Gasteiger partial charge in [-0.15, -0.1) is 0 Å². The summed E-state index contributed by atoms with van der Waals surface area (Å²) < 4.78 is 10.7. The first-order chi connectivity index (χ1) is 15.1. The van der Waals surface area contributed by atoms with Crippen molar-refractivity contribution in [1.82, 2.24) is 4.90 Å². The molecule has 0 aromatic rings. The van der Waals surface area contributed by atoms with E-state index >= 15 is 0 Å². The molecule has 4 nitrogen and oxygen atoms in total. The third-order valence-corrected chi connectivity index (χ3v) is 5.36. The molecule has 0 N–H and O–H groups in total. The Kier molecular flexibility index (Phi) is 22.4. The van der Waals surface area contributed by atoms with E-state index in [1.165, 1.54) is 64.2 Å². The number of allylic oxidation sites excluding steroid dienone is 4. The van der Waals surface area contributed by atoms with E-state index in [-0.39, 0.29) is 6.10 Å². The third-order valence-electron chi connectivity index (χ3n) is 5.36. The van der Waals surface area contributed by atoms with Gasteiger partial charge >= 0.3 is 6.16 Å². The normalized spacial score (nSPS) is 12.8. The van der Waals surface area contributed by atoms with Crippen LogP contribution in [0, 0.1) is 0 Å². The van der Waals surface area contributed by atoms with E-state index in [9.17, 15) is 4.79 Å². The molecule has 0 radical (unpaired) electrons. The highest BCUT2D eigenvalue weighted by atomic mass is 16.7. The van der Waals surface area contributed by atoms with Crippen LogP contribution in [0.4, 0.5) is 4.79 Å². The lowest BCUT2D eigenvalue weighted by Gasteiger charge is -2.17. The predicted molar refractivity (Wildman–Crippen MR) is 134 cm³/mol. The Morgan fingerprint density at radius 1 is 0.774 bits per heavy atom. The Bertz CT molecular complexity index is 446. The summed E-state index contributed by atoms with van der Waals surface area (Å²) in [4.78, 5) is 13.8. The lowest BCUT2D eigenvalue weighted by molar-refractivity contribution is 0.0145. The second-order valence-electron chi connectivity index (χ2n) is 8.80. The number of carbonyl (C=O) groups excluding carboxylic acids is 1. The van der Waals surface area contributed by atoms with Crippen LogP contribution in [0.2, 0.25) is 0 Å². The van der Waals surface area contributed by atoms with Gasteiger partial charge in [0.2, 0.25) is 0 Å². The lowest BCUT2D eigenvalue weighted by atomic mass is 10.0. The fourth-order valence-corrected chi connectivity index (χ4v) is 3.43. The van der Waals surface area contributed by atoms with Gasteiger partial charge in [-0.3, -0.25) is 0 Å². The molecule has 4 heteroatoms. The molecule has 0 aliphatic carbocycles. The summed E-state index contributed by atoms with van der Waals surface area (Å²) in [5, 5.41) is 0. The van der Waals surface area contributed by atoms with E-state index in [0.29, 0.717) is 6.61 Å². The quantitative estimate of drug-likeness (QED) is 0.103. The van der Waals surface area contributed by atoms with Crippen LogP contribution in [0.3, 0.4) is 0 Å². The Morgan fingerprint density at radius 3 is 2.00 bits per heavy atom. The molecule has 31 heavy (non-hydrogen) atoms. The van der Waals surface area contributed by atoms with E-state index in [4.69, 9.17) is 9.47 Å². The van der Waals surface area contributed by atoms with Crippen LogP contribution >= 0.6 is 0 Å². The van der Waals surface area contributed by atoms with Crippen LogP contribution in [0.15, 0.2) is 24.3 Å². The van der Waals surface area contributed by atoms with Crippen molar-refractivity contribution in [2.24, 2.45) is 0 Å². The van der Waals surface area contributed by atoms with Crippen LogP contribution in [0.5, 0.6) is 0 Å². The maximum absolute atomic E-state index is 11.8. The summed E-state index contributed by atoms with van der Waals surface area (Å²) in [6.45, 7) is 5.49. The van der Waals surface area contributed by atoms with Crippen LogP contribution in [0.25, 0.3) is 0 Å². The van der Waals surface area contributed by atoms with Crippen LogP contribution < -0.4 is 0 Å². The second-order valence-corrected chi connectivity index (χ2v) is 8.80. The van der Waals surface area contributed by atoms with Gasteiger partial charge in [0, 0.05) is 6.54 Å².